The number of carbonyl (C=O) groups excluding carboxylic acids is 1. The van der Waals surface area contributed by atoms with E-state index in [9.17, 15) is 21.6 Å². The number of carbonyl (C=O) groups is 1. The van der Waals surface area contributed by atoms with Crippen molar-refractivity contribution >= 4 is 31.6 Å². The van der Waals surface area contributed by atoms with Crippen molar-refractivity contribution in [1.82, 2.24) is 8.61 Å². The van der Waals surface area contributed by atoms with E-state index in [0.717, 1.165) is 18.4 Å². The molecule has 0 spiro atoms. The normalized spacial score (nSPS) is 20.0. The predicted octanol–water partition coefficient (Wildman–Crippen LogP) is 2.83. The van der Waals surface area contributed by atoms with Crippen molar-refractivity contribution in [2.75, 3.05) is 38.6 Å². The maximum absolute atomic E-state index is 13.2. The van der Waals surface area contributed by atoms with Gasteiger partial charge < -0.3 is 10.1 Å². The Bertz CT molecular complexity index is 1290. The van der Waals surface area contributed by atoms with Gasteiger partial charge in [0.15, 0.2) is 0 Å². The van der Waals surface area contributed by atoms with E-state index >= 15 is 0 Å². The van der Waals surface area contributed by atoms with Crippen molar-refractivity contribution in [1.29, 1.82) is 0 Å². The highest BCUT2D eigenvalue weighted by molar-refractivity contribution is 7.89. The van der Waals surface area contributed by atoms with Crippen LogP contribution in [0, 0.1) is 12.8 Å². The Labute approximate surface area is 207 Å². The highest BCUT2D eigenvalue weighted by atomic mass is 32.2. The third kappa shape index (κ3) is 5.37. The number of anilines is 1. The number of ether oxygens (including phenoxy) is 1. The zero-order chi connectivity index (χ0) is 25.2. The van der Waals surface area contributed by atoms with E-state index in [1.807, 2.05) is 6.92 Å². The van der Waals surface area contributed by atoms with Gasteiger partial charge in [-0.2, -0.15) is 8.61 Å². The number of methoxy groups -OCH3 is 1. The molecule has 11 heteroatoms. The Morgan fingerprint density at radius 2 is 1.49 bits per heavy atom. The molecule has 0 radical (unpaired) electrons. The predicted molar refractivity (Wildman–Crippen MR) is 132 cm³/mol. The van der Waals surface area contributed by atoms with Crippen LogP contribution in [0.5, 0.6) is 5.75 Å². The molecule has 2 aromatic carbocycles. The van der Waals surface area contributed by atoms with Gasteiger partial charge in [0.2, 0.25) is 26.0 Å². The molecule has 1 unspecified atom stereocenters. The van der Waals surface area contributed by atoms with Crippen LogP contribution in [-0.2, 0) is 24.8 Å². The lowest BCUT2D eigenvalue weighted by atomic mass is 9.98. The zero-order valence-corrected chi connectivity index (χ0v) is 21.6. The van der Waals surface area contributed by atoms with E-state index < -0.39 is 26.0 Å². The quantitative estimate of drug-likeness (QED) is 0.600. The molecule has 2 heterocycles. The van der Waals surface area contributed by atoms with Crippen LogP contribution in [-0.4, -0.2) is 64.6 Å². The topological polar surface area (TPSA) is 113 Å². The summed E-state index contributed by atoms with van der Waals surface area (Å²) in [7, 11) is -5.95. The fourth-order valence-corrected chi connectivity index (χ4v) is 7.56. The third-order valence-corrected chi connectivity index (χ3v) is 10.3. The summed E-state index contributed by atoms with van der Waals surface area (Å²) < 4.78 is 60.3. The number of rotatable bonds is 7. The van der Waals surface area contributed by atoms with E-state index in [0.29, 0.717) is 38.2 Å². The Balaban J connectivity index is 1.52. The van der Waals surface area contributed by atoms with Crippen LogP contribution in [0.25, 0.3) is 0 Å². The average Bonchev–Trinajstić information content (AvgIpc) is 3.40. The maximum atomic E-state index is 13.2. The number of nitrogens with one attached hydrogen (secondary N) is 1. The second-order valence-corrected chi connectivity index (χ2v) is 12.9. The summed E-state index contributed by atoms with van der Waals surface area (Å²) >= 11 is 0. The Hall–Kier alpha value is -2.47. The van der Waals surface area contributed by atoms with Gasteiger partial charge in [-0.05, 0) is 62.9 Å². The lowest BCUT2D eigenvalue weighted by Gasteiger charge is -2.31. The van der Waals surface area contributed by atoms with Crippen molar-refractivity contribution in [2.24, 2.45) is 5.92 Å². The lowest BCUT2D eigenvalue weighted by Crippen LogP contribution is -2.43. The minimum Gasteiger partial charge on any atom is -0.495 e. The number of amides is 1. The molecule has 0 saturated carbocycles. The van der Waals surface area contributed by atoms with Crippen LogP contribution in [0.15, 0.2) is 52.3 Å². The second kappa shape index (κ2) is 10.3. The van der Waals surface area contributed by atoms with Gasteiger partial charge >= 0.3 is 0 Å². The van der Waals surface area contributed by atoms with Gasteiger partial charge in [-0.25, -0.2) is 16.8 Å². The van der Waals surface area contributed by atoms with E-state index in [2.05, 4.69) is 5.32 Å². The van der Waals surface area contributed by atoms with Crippen molar-refractivity contribution in [3.8, 4) is 5.75 Å². The van der Waals surface area contributed by atoms with Gasteiger partial charge in [-0.1, -0.05) is 17.7 Å². The number of benzene rings is 2. The molecule has 2 aromatic rings. The highest BCUT2D eigenvalue weighted by Gasteiger charge is 2.34. The molecule has 35 heavy (non-hydrogen) atoms. The van der Waals surface area contributed by atoms with Crippen molar-refractivity contribution < 1.29 is 26.4 Å². The van der Waals surface area contributed by atoms with Crippen molar-refractivity contribution in [3.05, 3.63) is 48.0 Å². The minimum atomic E-state index is -3.72. The summed E-state index contributed by atoms with van der Waals surface area (Å²) in [5, 5.41) is 2.79. The molecule has 1 N–H and O–H groups in total. The highest BCUT2D eigenvalue weighted by Crippen LogP contribution is 2.31. The van der Waals surface area contributed by atoms with Crippen LogP contribution >= 0.6 is 0 Å². The first-order valence-corrected chi connectivity index (χ1v) is 14.6. The average molecular weight is 522 g/mol. The summed E-state index contributed by atoms with van der Waals surface area (Å²) in [5.74, 6) is -0.617. The largest absolute Gasteiger partial charge is 0.495 e. The molecule has 2 fully saturated rings. The van der Waals surface area contributed by atoms with Crippen LogP contribution in [0.2, 0.25) is 0 Å². The van der Waals surface area contributed by atoms with Crippen LogP contribution < -0.4 is 10.1 Å². The van der Waals surface area contributed by atoms with Gasteiger partial charge in [0.25, 0.3) is 0 Å². The van der Waals surface area contributed by atoms with E-state index in [4.69, 9.17) is 4.74 Å². The molecule has 2 saturated heterocycles. The van der Waals surface area contributed by atoms with Crippen LogP contribution in [0.1, 0.15) is 31.2 Å². The first-order valence-electron chi connectivity index (χ1n) is 11.7. The molecular formula is C24H31N3O6S2. The summed E-state index contributed by atoms with van der Waals surface area (Å²) in [6.45, 7) is 3.23. The summed E-state index contributed by atoms with van der Waals surface area (Å²) in [6.07, 6.45) is 2.72. The van der Waals surface area contributed by atoms with E-state index in [1.165, 1.54) is 33.9 Å². The van der Waals surface area contributed by atoms with Crippen LogP contribution in [0.4, 0.5) is 5.69 Å². The Morgan fingerprint density at radius 3 is 2.14 bits per heavy atom. The molecule has 190 valence electrons. The standard InChI is InChI=1S/C24H31N3O6S2/c1-18-7-9-20(10-8-18)34(29,30)27-15-5-6-19(17-27)24(28)25-22-16-21(11-12-23(22)33-2)35(31,32)26-13-3-4-14-26/h7-12,16,19H,3-6,13-15,17H2,1-2H3,(H,25,28). The number of nitrogens with zero attached hydrogens (tertiary/aromatic N) is 2. The molecular weight excluding hydrogens is 490 g/mol. The summed E-state index contributed by atoms with van der Waals surface area (Å²) in [5.41, 5.74) is 1.21. The van der Waals surface area contributed by atoms with Crippen molar-refractivity contribution in [3.63, 3.8) is 0 Å². The summed E-state index contributed by atoms with van der Waals surface area (Å²) in [4.78, 5) is 13.4. The van der Waals surface area contributed by atoms with Gasteiger partial charge in [0.05, 0.1) is 28.5 Å². The number of hydrogen-bond donors (Lipinski definition) is 1. The Kier molecular flexibility index (Phi) is 7.51. The molecule has 4 rings (SSSR count). The number of hydrogen-bond acceptors (Lipinski definition) is 6. The molecule has 9 nitrogen and oxygen atoms in total. The number of aryl methyl sites for hydroxylation is 1. The smallest absolute Gasteiger partial charge is 0.243 e. The van der Waals surface area contributed by atoms with E-state index in [-0.39, 0.29) is 27.9 Å². The van der Waals surface area contributed by atoms with Gasteiger partial charge in [-0.15, -0.1) is 0 Å². The van der Waals surface area contributed by atoms with Gasteiger partial charge in [0, 0.05) is 26.2 Å². The molecule has 2 aliphatic rings. The molecule has 2 aliphatic heterocycles. The first-order chi connectivity index (χ1) is 16.6. The number of sulfonamides is 2. The molecule has 0 aliphatic carbocycles. The minimum absolute atomic E-state index is 0.0517. The molecule has 1 amide bonds. The Morgan fingerprint density at radius 1 is 0.886 bits per heavy atom. The van der Waals surface area contributed by atoms with Crippen molar-refractivity contribution in [2.45, 2.75) is 42.4 Å². The fourth-order valence-electron chi connectivity index (χ4n) is 4.49. The lowest BCUT2D eigenvalue weighted by molar-refractivity contribution is -0.120. The molecule has 0 aromatic heterocycles. The maximum Gasteiger partial charge on any atom is 0.243 e. The summed E-state index contributed by atoms with van der Waals surface area (Å²) in [6, 6.07) is 11.0. The zero-order valence-electron chi connectivity index (χ0n) is 19.9. The molecule has 0 bridgehead atoms. The number of piperidine rings is 1. The fraction of sp³-hybridized carbons (Fsp3) is 0.458. The SMILES string of the molecule is COc1ccc(S(=O)(=O)N2CCCC2)cc1NC(=O)C1CCCN(S(=O)(=O)c2ccc(C)cc2)C1. The second-order valence-electron chi connectivity index (χ2n) is 8.98. The monoisotopic (exact) mass is 521 g/mol. The van der Waals surface area contributed by atoms with E-state index in [1.54, 1.807) is 24.3 Å². The van der Waals surface area contributed by atoms with Crippen LogP contribution in [0.3, 0.4) is 0 Å². The first kappa shape index (κ1) is 25.6. The molecule has 1 atom stereocenters. The third-order valence-electron chi connectivity index (χ3n) is 6.55. The van der Waals surface area contributed by atoms with Gasteiger partial charge in [0.1, 0.15) is 5.75 Å². The van der Waals surface area contributed by atoms with Gasteiger partial charge in [-0.3, -0.25) is 4.79 Å².